The van der Waals surface area contributed by atoms with Gasteiger partial charge in [0.05, 0.1) is 11.5 Å². The van der Waals surface area contributed by atoms with Crippen molar-refractivity contribution in [3.8, 4) is 5.75 Å². The molecular formula is C11H13F3N2O4. The van der Waals surface area contributed by atoms with E-state index >= 15 is 0 Å². The van der Waals surface area contributed by atoms with E-state index in [4.69, 9.17) is 10.5 Å². The molecule has 0 bridgehead atoms. The SMILES string of the molecule is NCc1ccc([N+](=O)[O-])c(OCCOCC(F)(F)F)c1. The number of halogens is 3. The van der Waals surface area contributed by atoms with E-state index < -0.39 is 17.7 Å². The van der Waals surface area contributed by atoms with Gasteiger partial charge in [-0.3, -0.25) is 10.1 Å². The van der Waals surface area contributed by atoms with Crippen molar-refractivity contribution >= 4 is 5.69 Å². The van der Waals surface area contributed by atoms with Crippen molar-refractivity contribution in [2.24, 2.45) is 5.73 Å². The highest BCUT2D eigenvalue weighted by atomic mass is 19.4. The second-order valence-electron chi connectivity index (χ2n) is 3.78. The first-order chi connectivity index (χ1) is 9.33. The van der Waals surface area contributed by atoms with Crippen LogP contribution in [0.25, 0.3) is 0 Å². The number of nitro groups is 1. The maximum atomic E-state index is 11.8. The first-order valence-corrected chi connectivity index (χ1v) is 5.58. The van der Waals surface area contributed by atoms with Crippen LogP contribution in [0.15, 0.2) is 18.2 Å². The van der Waals surface area contributed by atoms with Crippen LogP contribution in [0, 0.1) is 10.1 Å². The van der Waals surface area contributed by atoms with E-state index in [1.807, 2.05) is 0 Å². The number of benzene rings is 1. The lowest BCUT2D eigenvalue weighted by Crippen LogP contribution is -2.19. The molecule has 20 heavy (non-hydrogen) atoms. The Morgan fingerprint density at radius 2 is 2.00 bits per heavy atom. The molecule has 0 aliphatic carbocycles. The van der Waals surface area contributed by atoms with Gasteiger partial charge in [0.2, 0.25) is 0 Å². The maximum Gasteiger partial charge on any atom is 0.411 e. The minimum absolute atomic E-state index is 0.0476. The monoisotopic (exact) mass is 294 g/mol. The summed E-state index contributed by atoms with van der Waals surface area (Å²) in [7, 11) is 0. The first kappa shape index (κ1) is 16.2. The third kappa shape index (κ3) is 5.41. The lowest BCUT2D eigenvalue weighted by atomic mass is 10.2. The van der Waals surface area contributed by atoms with Crippen LogP contribution < -0.4 is 10.5 Å². The fourth-order valence-electron chi connectivity index (χ4n) is 1.35. The fraction of sp³-hybridized carbons (Fsp3) is 0.455. The second kappa shape index (κ2) is 7.06. The summed E-state index contributed by atoms with van der Waals surface area (Å²) in [5.41, 5.74) is 5.73. The largest absolute Gasteiger partial charge is 0.484 e. The van der Waals surface area contributed by atoms with Crippen LogP contribution in [0.3, 0.4) is 0 Å². The second-order valence-corrected chi connectivity index (χ2v) is 3.78. The summed E-state index contributed by atoms with van der Waals surface area (Å²) in [5.74, 6) is -0.0476. The Bertz CT molecular complexity index is 465. The standard InChI is InChI=1S/C11H13F3N2O4/c12-11(13,14)7-19-3-4-20-10-5-8(6-15)1-2-9(10)16(17)18/h1-2,5H,3-4,6-7,15H2. The van der Waals surface area contributed by atoms with Crippen LogP contribution in [0.1, 0.15) is 5.56 Å². The number of hydrogen-bond acceptors (Lipinski definition) is 5. The number of nitrogens with two attached hydrogens (primary N) is 1. The van der Waals surface area contributed by atoms with Crippen LogP contribution in [-0.4, -0.2) is 30.9 Å². The molecule has 1 rings (SSSR count). The lowest BCUT2D eigenvalue weighted by Gasteiger charge is -2.10. The zero-order chi connectivity index (χ0) is 15.2. The smallest absolute Gasteiger partial charge is 0.411 e. The molecule has 0 saturated carbocycles. The Kier molecular flexibility index (Phi) is 5.71. The molecule has 0 heterocycles. The summed E-state index contributed by atoms with van der Waals surface area (Å²) in [4.78, 5) is 10.1. The van der Waals surface area contributed by atoms with Crippen molar-refractivity contribution in [1.29, 1.82) is 0 Å². The van der Waals surface area contributed by atoms with Crippen LogP contribution in [0.4, 0.5) is 18.9 Å². The third-order valence-electron chi connectivity index (χ3n) is 2.21. The van der Waals surface area contributed by atoms with Gasteiger partial charge in [-0.1, -0.05) is 6.07 Å². The Morgan fingerprint density at radius 3 is 2.55 bits per heavy atom. The summed E-state index contributed by atoms with van der Waals surface area (Å²) in [6.45, 7) is -1.78. The number of hydrogen-bond donors (Lipinski definition) is 1. The zero-order valence-corrected chi connectivity index (χ0v) is 10.4. The Balaban J connectivity index is 2.55. The van der Waals surface area contributed by atoms with E-state index in [-0.39, 0.29) is 31.2 Å². The number of rotatable bonds is 7. The first-order valence-electron chi connectivity index (χ1n) is 5.58. The minimum atomic E-state index is -4.41. The lowest BCUT2D eigenvalue weighted by molar-refractivity contribution is -0.385. The highest BCUT2D eigenvalue weighted by molar-refractivity contribution is 5.48. The quantitative estimate of drug-likeness (QED) is 0.472. The zero-order valence-electron chi connectivity index (χ0n) is 10.4. The van der Waals surface area contributed by atoms with Gasteiger partial charge >= 0.3 is 11.9 Å². The number of alkyl halides is 3. The van der Waals surface area contributed by atoms with Crippen molar-refractivity contribution in [1.82, 2.24) is 0 Å². The molecule has 2 N–H and O–H groups in total. The molecule has 0 aliphatic heterocycles. The molecule has 0 amide bonds. The molecule has 0 unspecified atom stereocenters. The highest BCUT2D eigenvalue weighted by Crippen LogP contribution is 2.27. The normalized spacial score (nSPS) is 11.4. The van der Waals surface area contributed by atoms with Crippen LogP contribution >= 0.6 is 0 Å². The van der Waals surface area contributed by atoms with Gasteiger partial charge < -0.3 is 15.2 Å². The number of nitrogens with zero attached hydrogens (tertiary/aromatic N) is 1. The molecule has 0 aromatic heterocycles. The molecule has 0 aliphatic rings. The van der Waals surface area contributed by atoms with Gasteiger partial charge in [-0.05, 0) is 11.6 Å². The van der Waals surface area contributed by atoms with Crippen molar-refractivity contribution in [2.75, 3.05) is 19.8 Å². The molecule has 0 atom stereocenters. The maximum absolute atomic E-state index is 11.8. The molecule has 6 nitrogen and oxygen atoms in total. The molecule has 1 aromatic carbocycles. The average molecular weight is 294 g/mol. The summed E-state index contributed by atoms with van der Waals surface area (Å²) >= 11 is 0. The topological polar surface area (TPSA) is 87.6 Å². The molecule has 0 radical (unpaired) electrons. The van der Waals surface area contributed by atoms with E-state index in [9.17, 15) is 23.3 Å². The van der Waals surface area contributed by atoms with E-state index in [0.717, 1.165) is 0 Å². The van der Waals surface area contributed by atoms with Crippen LogP contribution in [0.5, 0.6) is 5.75 Å². The van der Waals surface area contributed by atoms with Crippen molar-refractivity contribution in [2.45, 2.75) is 12.7 Å². The Morgan fingerprint density at radius 1 is 1.30 bits per heavy atom. The van der Waals surface area contributed by atoms with Gasteiger partial charge in [-0.15, -0.1) is 0 Å². The molecule has 0 saturated heterocycles. The number of ether oxygens (including phenoxy) is 2. The summed E-state index contributed by atoms with van der Waals surface area (Å²) in [5, 5.41) is 10.8. The summed E-state index contributed by atoms with van der Waals surface area (Å²) < 4.78 is 44.8. The average Bonchev–Trinajstić information content (AvgIpc) is 2.36. The van der Waals surface area contributed by atoms with Crippen LogP contribution in [0.2, 0.25) is 0 Å². The van der Waals surface area contributed by atoms with E-state index in [0.29, 0.717) is 5.56 Å². The number of nitro benzene ring substituents is 1. The molecule has 0 spiro atoms. The summed E-state index contributed by atoms with van der Waals surface area (Å²) in [6.07, 6.45) is -4.41. The van der Waals surface area contributed by atoms with Gasteiger partial charge in [-0.25, -0.2) is 0 Å². The molecular weight excluding hydrogens is 281 g/mol. The van der Waals surface area contributed by atoms with E-state index in [2.05, 4.69) is 4.74 Å². The van der Waals surface area contributed by atoms with E-state index in [1.54, 1.807) is 0 Å². The molecule has 0 fully saturated rings. The van der Waals surface area contributed by atoms with Crippen molar-refractivity contribution in [3.05, 3.63) is 33.9 Å². The predicted molar refractivity (Wildman–Crippen MR) is 63.4 cm³/mol. The third-order valence-corrected chi connectivity index (χ3v) is 2.21. The van der Waals surface area contributed by atoms with Gasteiger partial charge in [-0.2, -0.15) is 13.2 Å². The van der Waals surface area contributed by atoms with Gasteiger partial charge in [0, 0.05) is 12.6 Å². The minimum Gasteiger partial charge on any atom is -0.484 e. The Hall–Kier alpha value is -1.87. The van der Waals surface area contributed by atoms with Crippen molar-refractivity contribution in [3.63, 3.8) is 0 Å². The Labute approximate surface area is 112 Å². The summed E-state index contributed by atoms with van der Waals surface area (Å²) in [6, 6.07) is 4.08. The molecule has 112 valence electrons. The van der Waals surface area contributed by atoms with Gasteiger partial charge in [0.25, 0.3) is 0 Å². The highest BCUT2D eigenvalue weighted by Gasteiger charge is 2.27. The van der Waals surface area contributed by atoms with Crippen molar-refractivity contribution < 1.29 is 27.6 Å². The van der Waals surface area contributed by atoms with Gasteiger partial charge in [0.15, 0.2) is 5.75 Å². The predicted octanol–water partition coefficient (Wildman–Crippen LogP) is 2.01. The van der Waals surface area contributed by atoms with E-state index in [1.165, 1.54) is 18.2 Å². The fourth-order valence-corrected chi connectivity index (χ4v) is 1.35. The molecule has 9 heteroatoms. The van der Waals surface area contributed by atoms with Crippen LogP contribution in [-0.2, 0) is 11.3 Å². The van der Waals surface area contributed by atoms with Gasteiger partial charge in [0.1, 0.15) is 13.2 Å². The molecule has 1 aromatic rings.